The average molecular weight is 476 g/mol. The number of carbonyl (C=O) groups is 1. The molecule has 2 heterocycles. The Morgan fingerprint density at radius 2 is 1.57 bits per heavy atom. The van der Waals surface area contributed by atoms with Crippen LogP contribution < -0.4 is 21.7 Å². The molecule has 4 rings (SSSR count). The number of aromatic amines is 2. The summed E-state index contributed by atoms with van der Waals surface area (Å²) in [7, 11) is 0. The minimum Gasteiger partial charge on any atom is -0.478 e. The van der Waals surface area contributed by atoms with Gasteiger partial charge in [-0.05, 0) is 61.4 Å². The Bertz CT molecular complexity index is 1600. The van der Waals surface area contributed by atoms with Gasteiger partial charge in [0.1, 0.15) is 6.61 Å². The molecule has 0 unspecified atom stereocenters. The van der Waals surface area contributed by atoms with Crippen molar-refractivity contribution in [2.45, 2.75) is 26.9 Å². The highest BCUT2D eigenvalue weighted by molar-refractivity contribution is 5.87. The van der Waals surface area contributed by atoms with Crippen LogP contribution in [0.2, 0.25) is 0 Å². The SMILES string of the molecule is CC=c1[nH]n(-c2ccc(COO)cc2)c(=O)c1=Cc1c(CC)[nH]n(-c2ccc(C(=O)O)cc2)c1=O. The van der Waals surface area contributed by atoms with E-state index in [-0.39, 0.29) is 23.3 Å². The van der Waals surface area contributed by atoms with E-state index in [1.165, 1.54) is 21.5 Å². The summed E-state index contributed by atoms with van der Waals surface area (Å²) in [6.07, 6.45) is 3.83. The predicted molar refractivity (Wildman–Crippen MR) is 129 cm³/mol. The van der Waals surface area contributed by atoms with Crippen LogP contribution in [-0.2, 0) is 17.9 Å². The van der Waals surface area contributed by atoms with Crippen LogP contribution >= 0.6 is 0 Å². The molecule has 180 valence electrons. The van der Waals surface area contributed by atoms with Crippen LogP contribution in [0.4, 0.5) is 0 Å². The lowest BCUT2D eigenvalue weighted by molar-refractivity contribution is -0.253. The summed E-state index contributed by atoms with van der Waals surface area (Å²) in [4.78, 5) is 41.8. The highest BCUT2D eigenvalue weighted by Crippen LogP contribution is 2.11. The number of carboxylic acid groups (broad SMARTS) is 1. The number of carboxylic acids is 1. The van der Waals surface area contributed by atoms with Gasteiger partial charge in [-0.25, -0.2) is 19.0 Å². The molecule has 0 atom stereocenters. The number of nitrogens with one attached hydrogen (secondary N) is 2. The summed E-state index contributed by atoms with van der Waals surface area (Å²) in [6, 6.07) is 12.8. The van der Waals surface area contributed by atoms with E-state index >= 15 is 0 Å². The standard InChI is InChI=1S/C25H24N4O6/c1-3-21-19(23(30)28(26-21)17-9-5-15(6-10-17)14-35-34)13-20-22(4-2)27-29(24(20)31)18-11-7-16(8-12-18)25(32)33/h3,5-13,26-27,34H,4,14H2,1-2H3,(H,32,33). The van der Waals surface area contributed by atoms with Crippen molar-refractivity contribution in [3.8, 4) is 11.4 Å². The second-order valence-corrected chi connectivity index (χ2v) is 7.80. The van der Waals surface area contributed by atoms with Gasteiger partial charge in [0.2, 0.25) is 0 Å². The molecular formula is C25H24N4O6. The van der Waals surface area contributed by atoms with Crippen LogP contribution in [0.1, 0.15) is 41.0 Å². The molecule has 0 saturated carbocycles. The van der Waals surface area contributed by atoms with E-state index in [9.17, 15) is 14.4 Å². The fraction of sp³-hybridized carbons (Fsp3) is 0.160. The Morgan fingerprint density at radius 3 is 2.11 bits per heavy atom. The molecule has 10 nitrogen and oxygen atoms in total. The van der Waals surface area contributed by atoms with Gasteiger partial charge in [0.25, 0.3) is 11.1 Å². The zero-order valence-electron chi connectivity index (χ0n) is 19.1. The third-order valence-electron chi connectivity index (χ3n) is 5.69. The Kier molecular flexibility index (Phi) is 6.67. The van der Waals surface area contributed by atoms with E-state index in [0.717, 1.165) is 5.56 Å². The number of H-pyrrole nitrogens is 2. The predicted octanol–water partition coefficient (Wildman–Crippen LogP) is 1.52. The van der Waals surface area contributed by atoms with Crippen LogP contribution in [0, 0.1) is 0 Å². The topological polar surface area (TPSA) is 142 Å². The molecule has 0 saturated heterocycles. The number of benzene rings is 2. The number of aromatic carboxylic acids is 1. The Balaban J connectivity index is 1.85. The Hall–Kier alpha value is -4.41. The van der Waals surface area contributed by atoms with E-state index in [4.69, 9.17) is 10.4 Å². The molecule has 35 heavy (non-hydrogen) atoms. The lowest BCUT2D eigenvalue weighted by atomic mass is 10.1. The summed E-state index contributed by atoms with van der Waals surface area (Å²) in [5.74, 6) is -1.05. The first-order valence-electron chi connectivity index (χ1n) is 10.9. The molecular weight excluding hydrogens is 452 g/mol. The third-order valence-corrected chi connectivity index (χ3v) is 5.69. The van der Waals surface area contributed by atoms with E-state index in [1.807, 2.05) is 6.92 Å². The summed E-state index contributed by atoms with van der Waals surface area (Å²) in [5.41, 5.74) is 2.22. The normalized spacial score (nSPS) is 12.4. The summed E-state index contributed by atoms with van der Waals surface area (Å²) >= 11 is 0. The quantitative estimate of drug-likeness (QED) is 0.235. The minimum absolute atomic E-state index is 0.0332. The first kappa shape index (κ1) is 23.7. The van der Waals surface area contributed by atoms with E-state index in [1.54, 1.807) is 55.5 Å². The van der Waals surface area contributed by atoms with Crippen molar-refractivity contribution in [1.29, 1.82) is 0 Å². The van der Waals surface area contributed by atoms with Crippen molar-refractivity contribution in [1.82, 2.24) is 19.6 Å². The molecule has 0 amide bonds. The molecule has 0 radical (unpaired) electrons. The number of hydrogen-bond donors (Lipinski definition) is 4. The molecule has 0 bridgehead atoms. The Morgan fingerprint density at radius 1 is 0.971 bits per heavy atom. The molecule has 0 aliphatic heterocycles. The van der Waals surface area contributed by atoms with Gasteiger partial charge in [-0.2, -0.15) is 0 Å². The number of aromatic nitrogens is 4. The van der Waals surface area contributed by atoms with Crippen molar-refractivity contribution in [3.63, 3.8) is 0 Å². The average Bonchev–Trinajstić information content (AvgIpc) is 3.36. The van der Waals surface area contributed by atoms with Gasteiger partial charge in [0, 0.05) is 5.69 Å². The molecule has 0 fully saturated rings. The fourth-order valence-corrected chi connectivity index (χ4v) is 3.82. The smallest absolute Gasteiger partial charge is 0.335 e. The van der Waals surface area contributed by atoms with Gasteiger partial charge in [-0.1, -0.05) is 25.1 Å². The molecule has 2 aromatic carbocycles. The molecule has 0 aliphatic carbocycles. The summed E-state index contributed by atoms with van der Waals surface area (Å²) < 4.78 is 2.71. The van der Waals surface area contributed by atoms with Crippen LogP contribution in [0.5, 0.6) is 0 Å². The molecule has 0 aliphatic rings. The molecule has 4 aromatic rings. The van der Waals surface area contributed by atoms with Crippen molar-refractivity contribution in [3.05, 3.63) is 102 Å². The zero-order valence-corrected chi connectivity index (χ0v) is 19.1. The lowest BCUT2D eigenvalue weighted by Gasteiger charge is -2.02. The van der Waals surface area contributed by atoms with Crippen LogP contribution in [0.25, 0.3) is 23.5 Å². The Labute approximate surface area is 198 Å². The lowest BCUT2D eigenvalue weighted by Crippen LogP contribution is -2.35. The van der Waals surface area contributed by atoms with E-state index in [0.29, 0.717) is 39.6 Å². The maximum absolute atomic E-state index is 13.3. The van der Waals surface area contributed by atoms with Gasteiger partial charge in [-0.15, -0.1) is 0 Å². The number of nitrogens with zero attached hydrogens (tertiary/aromatic N) is 2. The first-order chi connectivity index (χ1) is 16.9. The van der Waals surface area contributed by atoms with Gasteiger partial charge >= 0.3 is 5.97 Å². The van der Waals surface area contributed by atoms with Crippen LogP contribution in [0.15, 0.2) is 58.1 Å². The second kappa shape index (κ2) is 9.84. The summed E-state index contributed by atoms with van der Waals surface area (Å²) in [5, 5.41) is 24.7. The minimum atomic E-state index is -1.05. The van der Waals surface area contributed by atoms with Gasteiger partial charge in [0.05, 0.1) is 33.1 Å². The first-order valence-corrected chi connectivity index (χ1v) is 10.9. The van der Waals surface area contributed by atoms with Crippen molar-refractivity contribution >= 4 is 18.1 Å². The van der Waals surface area contributed by atoms with Crippen molar-refractivity contribution in [2.75, 3.05) is 0 Å². The van der Waals surface area contributed by atoms with E-state index in [2.05, 4.69) is 15.1 Å². The van der Waals surface area contributed by atoms with Gasteiger partial charge < -0.3 is 5.11 Å². The van der Waals surface area contributed by atoms with E-state index < -0.39 is 5.97 Å². The van der Waals surface area contributed by atoms with Gasteiger partial charge in [-0.3, -0.25) is 25.0 Å². The van der Waals surface area contributed by atoms with Gasteiger partial charge in [0.15, 0.2) is 0 Å². The number of hydrogen-bond acceptors (Lipinski definition) is 5. The highest BCUT2D eigenvalue weighted by Gasteiger charge is 2.15. The molecule has 0 spiro atoms. The monoisotopic (exact) mass is 476 g/mol. The number of rotatable bonds is 7. The summed E-state index contributed by atoms with van der Waals surface area (Å²) in [6.45, 7) is 3.71. The maximum Gasteiger partial charge on any atom is 0.335 e. The largest absolute Gasteiger partial charge is 0.478 e. The molecule has 10 heteroatoms. The maximum atomic E-state index is 13.3. The van der Waals surface area contributed by atoms with Crippen LogP contribution in [-0.4, -0.2) is 35.9 Å². The fourth-order valence-electron chi connectivity index (χ4n) is 3.82. The molecule has 4 N–H and O–H groups in total. The number of aryl methyl sites for hydroxylation is 1. The van der Waals surface area contributed by atoms with Crippen LogP contribution in [0.3, 0.4) is 0 Å². The zero-order chi connectivity index (χ0) is 25.1. The second-order valence-electron chi connectivity index (χ2n) is 7.80. The highest BCUT2D eigenvalue weighted by atomic mass is 17.1. The molecule has 2 aromatic heterocycles. The third kappa shape index (κ3) is 4.52. The van der Waals surface area contributed by atoms with Crippen molar-refractivity contribution in [2.24, 2.45) is 0 Å². The van der Waals surface area contributed by atoms with Crippen molar-refractivity contribution < 1.29 is 20.0 Å².